The Kier molecular flexibility index (Phi) is 2.64. The molecule has 2 heterocycles. The largest absolute Gasteiger partial charge is 0.399 e. The first kappa shape index (κ1) is 10.8. The Balaban J connectivity index is 1.94. The number of nitrogens with two attached hydrogens (primary N) is 1. The van der Waals surface area contributed by atoms with E-state index in [4.69, 9.17) is 5.73 Å². The molecule has 3 rings (SSSR count). The zero-order chi connectivity index (χ0) is 11.8. The van der Waals surface area contributed by atoms with Gasteiger partial charge >= 0.3 is 0 Å². The minimum atomic E-state index is -0.221. The molecule has 5 heteroatoms. The second kappa shape index (κ2) is 4.16. The molecule has 3 N–H and O–H groups in total. The summed E-state index contributed by atoms with van der Waals surface area (Å²) in [7, 11) is 0. The molecule has 1 saturated heterocycles. The van der Waals surface area contributed by atoms with E-state index in [1.54, 1.807) is 11.3 Å². The Hall–Kier alpha value is -1.33. The van der Waals surface area contributed by atoms with Gasteiger partial charge in [-0.15, -0.1) is 0 Å². The van der Waals surface area contributed by atoms with Crippen molar-refractivity contribution in [2.75, 3.05) is 23.7 Å². The van der Waals surface area contributed by atoms with Gasteiger partial charge in [0, 0.05) is 18.8 Å². The number of hydrogen-bond donors (Lipinski definition) is 2. The van der Waals surface area contributed by atoms with E-state index in [1.165, 1.54) is 0 Å². The molecule has 1 unspecified atom stereocenters. The summed E-state index contributed by atoms with van der Waals surface area (Å²) in [6, 6.07) is 5.78. The van der Waals surface area contributed by atoms with Gasteiger partial charge in [0.1, 0.15) is 0 Å². The highest BCUT2D eigenvalue weighted by Gasteiger charge is 2.20. The molecule has 1 aromatic carbocycles. The number of aliphatic hydroxyl groups excluding tert-OH is 1. The van der Waals surface area contributed by atoms with Crippen molar-refractivity contribution in [3.05, 3.63) is 18.2 Å². The number of rotatable bonds is 1. The molecule has 0 bridgehead atoms. The number of thiazole rings is 1. The maximum atomic E-state index is 9.68. The van der Waals surface area contributed by atoms with Crippen LogP contribution in [0, 0.1) is 0 Å². The van der Waals surface area contributed by atoms with Crippen molar-refractivity contribution in [2.24, 2.45) is 0 Å². The maximum Gasteiger partial charge on any atom is 0.186 e. The quantitative estimate of drug-likeness (QED) is 0.757. The molecule has 17 heavy (non-hydrogen) atoms. The van der Waals surface area contributed by atoms with Gasteiger partial charge in [-0.05, 0) is 31.0 Å². The normalized spacial score (nSPS) is 21.0. The lowest BCUT2D eigenvalue weighted by Gasteiger charge is -2.29. The fraction of sp³-hybridized carbons (Fsp3) is 0.417. The summed E-state index contributed by atoms with van der Waals surface area (Å²) in [6.07, 6.45) is 1.70. The van der Waals surface area contributed by atoms with Crippen LogP contribution in [0.2, 0.25) is 0 Å². The molecule has 2 aromatic rings. The molecule has 4 nitrogen and oxygen atoms in total. The molecular weight excluding hydrogens is 234 g/mol. The third kappa shape index (κ3) is 2.08. The van der Waals surface area contributed by atoms with Gasteiger partial charge in [0.2, 0.25) is 0 Å². The summed E-state index contributed by atoms with van der Waals surface area (Å²) in [6.45, 7) is 1.67. The fourth-order valence-corrected chi connectivity index (χ4v) is 3.24. The lowest BCUT2D eigenvalue weighted by atomic mass is 10.1. The molecular formula is C12H15N3OS. The number of benzene rings is 1. The van der Waals surface area contributed by atoms with Crippen molar-refractivity contribution in [2.45, 2.75) is 18.9 Å². The van der Waals surface area contributed by atoms with E-state index in [9.17, 15) is 5.11 Å². The number of fused-ring (bicyclic) bond motifs is 1. The van der Waals surface area contributed by atoms with Crippen LogP contribution in [0.15, 0.2) is 18.2 Å². The van der Waals surface area contributed by atoms with E-state index >= 15 is 0 Å². The van der Waals surface area contributed by atoms with Crippen LogP contribution < -0.4 is 10.6 Å². The number of nitrogens with zero attached hydrogens (tertiary/aromatic N) is 2. The second-order valence-electron chi connectivity index (χ2n) is 4.47. The lowest BCUT2D eigenvalue weighted by molar-refractivity contribution is 0.154. The molecule has 1 aliphatic rings. The molecule has 1 aromatic heterocycles. The number of hydrogen-bond acceptors (Lipinski definition) is 5. The summed E-state index contributed by atoms with van der Waals surface area (Å²) in [4.78, 5) is 6.75. The van der Waals surface area contributed by atoms with Gasteiger partial charge < -0.3 is 15.7 Å². The average Bonchev–Trinajstić information content (AvgIpc) is 2.72. The van der Waals surface area contributed by atoms with Crippen molar-refractivity contribution >= 4 is 32.4 Å². The monoisotopic (exact) mass is 249 g/mol. The van der Waals surface area contributed by atoms with Gasteiger partial charge in [-0.25, -0.2) is 4.98 Å². The molecule has 1 atom stereocenters. The van der Waals surface area contributed by atoms with E-state index < -0.39 is 0 Å². The first-order valence-electron chi connectivity index (χ1n) is 5.81. The van der Waals surface area contributed by atoms with Crippen LogP contribution >= 0.6 is 11.3 Å². The zero-order valence-electron chi connectivity index (χ0n) is 9.47. The van der Waals surface area contributed by atoms with Gasteiger partial charge in [-0.2, -0.15) is 0 Å². The van der Waals surface area contributed by atoms with Crippen LogP contribution in [-0.4, -0.2) is 29.3 Å². The molecule has 90 valence electrons. The summed E-state index contributed by atoms with van der Waals surface area (Å²) in [5, 5.41) is 10.7. The standard InChI is InChI=1S/C12H15N3OS/c13-8-3-4-10-11(6-8)17-12(14-10)15-5-1-2-9(16)7-15/h3-4,6,9,16H,1-2,5,7,13H2. The highest BCUT2D eigenvalue weighted by Crippen LogP contribution is 2.31. The number of aliphatic hydroxyl groups is 1. The van der Waals surface area contributed by atoms with Gasteiger partial charge in [-0.3, -0.25) is 0 Å². The third-order valence-electron chi connectivity index (χ3n) is 3.07. The lowest BCUT2D eigenvalue weighted by Crippen LogP contribution is -2.38. The van der Waals surface area contributed by atoms with Crippen LogP contribution in [0.4, 0.5) is 10.8 Å². The van der Waals surface area contributed by atoms with E-state index in [0.29, 0.717) is 6.54 Å². The molecule has 1 aliphatic heterocycles. The molecule has 0 radical (unpaired) electrons. The van der Waals surface area contributed by atoms with Crippen molar-refractivity contribution in [1.82, 2.24) is 4.98 Å². The van der Waals surface area contributed by atoms with E-state index in [-0.39, 0.29) is 6.10 Å². The van der Waals surface area contributed by atoms with Crippen molar-refractivity contribution < 1.29 is 5.11 Å². The number of nitrogen functional groups attached to an aromatic ring is 1. The Morgan fingerprint density at radius 2 is 2.35 bits per heavy atom. The predicted octanol–water partition coefficient (Wildman–Crippen LogP) is 1.84. The molecule has 0 spiro atoms. The van der Waals surface area contributed by atoms with Gasteiger partial charge in [0.15, 0.2) is 5.13 Å². The fourth-order valence-electron chi connectivity index (χ4n) is 2.19. The van der Waals surface area contributed by atoms with Gasteiger partial charge in [0.05, 0.1) is 16.3 Å². The highest BCUT2D eigenvalue weighted by molar-refractivity contribution is 7.22. The van der Waals surface area contributed by atoms with E-state index in [1.807, 2.05) is 18.2 Å². The maximum absolute atomic E-state index is 9.68. The summed E-state index contributed by atoms with van der Waals surface area (Å²) in [5.41, 5.74) is 7.51. The van der Waals surface area contributed by atoms with E-state index in [2.05, 4.69) is 9.88 Å². The van der Waals surface area contributed by atoms with Crippen LogP contribution in [0.25, 0.3) is 10.2 Å². The van der Waals surface area contributed by atoms with Crippen LogP contribution in [0.3, 0.4) is 0 Å². The predicted molar refractivity (Wildman–Crippen MR) is 71.5 cm³/mol. The Morgan fingerprint density at radius 3 is 3.18 bits per heavy atom. The molecule has 0 amide bonds. The smallest absolute Gasteiger partial charge is 0.186 e. The minimum Gasteiger partial charge on any atom is -0.399 e. The first-order valence-corrected chi connectivity index (χ1v) is 6.63. The number of aromatic nitrogens is 1. The van der Waals surface area contributed by atoms with Crippen molar-refractivity contribution in [3.63, 3.8) is 0 Å². The summed E-state index contributed by atoms with van der Waals surface area (Å²) in [5.74, 6) is 0. The summed E-state index contributed by atoms with van der Waals surface area (Å²) >= 11 is 1.64. The van der Waals surface area contributed by atoms with Crippen LogP contribution in [-0.2, 0) is 0 Å². The topological polar surface area (TPSA) is 62.4 Å². The zero-order valence-corrected chi connectivity index (χ0v) is 10.3. The minimum absolute atomic E-state index is 0.221. The molecule has 0 aliphatic carbocycles. The number of piperidine rings is 1. The van der Waals surface area contributed by atoms with E-state index in [0.717, 1.165) is 40.4 Å². The Morgan fingerprint density at radius 1 is 1.47 bits per heavy atom. The van der Waals surface area contributed by atoms with Gasteiger partial charge in [0.25, 0.3) is 0 Å². The SMILES string of the molecule is Nc1ccc2nc(N3CCCC(O)C3)sc2c1. The first-order chi connectivity index (χ1) is 8.22. The van der Waals surface area contributed by atoms with Crippen LogP contribution in [0.1, 0.15) is 12.8 Å². The number of β-amino-alcohol motifs (C(OH)–C–C–N with tert-alkyl or cyclic N) is 1. The number of anilines is 2. The third-order valence-corrected chi connectivity index (χ3v) is 4.15. The average molecular weight is 249 g/mol. The molecule has 0 saturated carbocycles. The van der Waals surface area contributed by atoms with Crippen molar-refractivity contribution in [3.8, 4) is 0 Å². The van der Waals surface area contributed by atoms with Crippen LogP contribution in [0.5, 0.6) is 0 Å². The highest BCUT2D eigenvalue weighted by atomic mass is 32.1. The molecule has 1 fully saturated rings. The summed E-state index contributed by atoms with van der Waals surface area (Å²) < 4.78 is 1.11. The van der Waals surface area contributed by atoms with Crippen molar-refractivity contribution in [1.29, 1.82) is 0 Å². The second-order valence-corrected chi connectivity index (χ2v) is 5.47. The Labute approximate surface area is 104 Å². The van der Waals surface area contributed by atoms with Gasteiger partial charge in [-0.1, -0.05) is 11.3 Å². The Bertz CT molecular complexity index is 540.